The van der Waals surface area contributed by atoms with Crippen LogP contribution in [-0.2, 0) is 0 Å². The zero-order valence-electron chi connectivity index (χ0n) is 20.3. The van der Waals surface area contributed by atoms with Gasteiger partial charge in [0.25, 0.3) is 0 Å². The molecule has 1 fully saturated rings. The van der Waals surface area contributed by atoms with Gasteiger partial charge >= 0.3 is 0 Å². The Morgan fingerprint density at radius 3 is 2.76 bits per heavy atom. The number of imidazole rings is 1. The van der Waals surface area contributed by atoms with Gasteiger partial charge in [0, 0.05) is 34.9 Å². The Balaban J connectivity index is 1.26. The van der Waals surface area contributed by atoms with Crippen molar-refractivity contribution in [2.24, 2.45) is 0 Å². The van der Waals surface area contributed by atoms with Crippen LogP contribution in [0.15, 0.2) is 61.6 Å². The van der Waals surface area contributed by atoms with Crippen LogP contribution < -0.4 is 10.1 Å². The molecule has 10 heteroatoms. The lowest BCUT2D eigenvalue weighted by Gasteiger charge is -2.23. The summed E-state index contributed by atoms with van der Waals surface area (Å²) in [5, 5.41) is 13.1. The number of aromatic amines is 2. The molecule has 1 aliphatic rings. The van der Waals surface area contributed by atoms with E-state index in [1.54, 1.807) is 18.7 Å². The summed E-state index contributed by atoms with van der Waals surface area (Å²) in [4.78, 5) is 21.5. The van der Waals surface area contributed by atoms with Crippen molar-refractivity contribution in [3.05, 3.63) is 67.3 Å². The summed E-state index contributed by atoms with van der Waals surface area (Å²) in [6.45, 7) is 3.92. The monoisotopic (exact) mass is 491 g/mol. The minimum atomic E-state index is 0.210. The molecule has 1 saturated heterocycles. The molecule has 0 saturated carbocycles. The number of H-pyrrole nitrogens is 2. The highest BCUT2D eigenvalue weighted by Crippen LogP contribution is 2.32. The van der Waals surface area contributed by atoms with Crippen LogP contribution in [0.1, 0.15) is 18.5 Å². The quantitative estimate of drug-likeness (QED) is 0.331. The Bertz CT molecular complexity index is 1720. The molecule has 6 aromatic heterocycles. The highest BCUT2D eigenvalue weighted by atomic mass is 16.5. The smallest absolute Gasteiger partial charge is 0.147 e. The predicted molar refractivity (Wildman–Crippen MR) is 141 cm³/mol. The zero-order valence-corrected chi connectivity index (χ0v) is 20.3. The molecule has 0 aliphatic carbocycles. The minimum absolute atomic E-state index is 0.210. The zero-order chi connectivity index (χ0) is 24.8. The Hall–Kier alpha value is -4.57. The van der Waals surface area contributed by atoms with Crippen molar-refractivity contribution in [3.8, 4) is 34.2 Å². The van der Waals surface area contributed by atoms with Gasteiger partial charge in [0.05, 0.1) is 40.5 Å². The third-order valence-electron chi connectivity index (χ3n) is 6.78. The number of nitrogens with one attached hydrogen (secondary N) is 3. The molecule has 1 aliphatic heterocycles. The lowest BCUT2D eigenvalue weighted by atomic mass is 10.1. The van der Waals surface area contributed by atoms with Gasteiger partial charge < -0.3 is 15.0 Å². The number of hydrogen-bond acceptors (Lipinski definition) is 7. The number of pyridine rings is 3. The first-order valence-electron chi connectivity index (χ1n) is 12.4. The van der Waals surface area contributed by atoms with Crippen LogP contribution in [0.5, 0.6) is 5.75 Å². The average molecular weight is 492 g/mol. The van der Waals surface area contributed by atoms with Crippen LogP contribution >= 0.6 is 0 Å². The Labute approximate surface area is 212 Å². The highest BCUT2D eigenvalue weighted by Gasteiger charge is 2.17. The van der Waals surface area contributed by atoms with Gasteiger partial charge in [-0.2, -0.15) is 5.10 Å². The normalized spacial score (nSPS) is 14.5. The first-order valence-corrected chi connectivity index (χ1v) is 12.4. The average Bonchev–Trinajstić information content (AvgIpc) is 3.66. The van der Waals surface area contributed by atoms with E-state index in [0.29, 0.717) is 0 Å². The molecular formula is C27H25N9O. The highest BCUT2D eigenvalue weighted by molar-refractivity contribution is 5.98. The molecule has 0 bridgehead atoms. The van der Waals surface area contributed by atoms with Crippen LogP contribution in [0, 0.1) is 6.92 Å². The van der Waals surface area contributed by atoms with Crippen LogP contribution in [0.4, 0.5) is 0 Å². The summed E-state index contributed by atoms with van der Waals surface area (Å²) >= 11 is 0. The van der Waals surface area contributed by atoms with Gasteiger partial charge in [-0.3, -0.25) is 19.6 Å². The second-order valence-electron chi connectivity index (χ2n) is 9.36. The molecule has 0 atom stereocenters. The molecule has 7 heterocycles. The van der Waals surface area contributed by atoms with E-state index in [9.17, 15) is 0 Å². The Morgan fingerprint density at radius 2 is 1.89 bits per heavy atom. The third-order valence-corrected chi connectivity index (χ3v) is 6.78. The second-order valence-corrected chi connectivity index (χ2v) is 9.36. The molecule has 184 valence electrons. The van der Waals surface area contributed by atoms with E-state index >= 15 is 0 Å². The standard InChI is InChI=1S/C27H25N9O/c1-16-14-36(15-32-16)27-21-10-24(33-22(21)4-7-30-27)26-20-9-23(31-13-25(20)34-35-26)17-8-19(12-29-11-17)37-18-2-5-28-6-3-18/h4,7-15,18,28,33H,2-3,5-6H2,1H3,(H,34,35). The van der Waals surface area contributed by atoms with Gasteiger partial charge in [0.15, 0.2) is 0 Å². The first kappa shape index (κ1) is 21.7. The molecule has 10 nitrogen and oxygen atoms in total. The molecule has 7 rings (SSSR count). The number of aromatic nitrogens is 8. The number of ether oxygens (including phenoxy) is 1. The number of aryl methyl sites for hydroxylation is 1. The molecule has 0 spiro atoms. The van der Waals surface area contributed by atoms with Crippen molar-refractivity contribution in [2.75, 3.05) is 13.1 Å². The van der Waals surface area contributed by atoms with Crippen molar-refractivity contribution in [3.63, 3.8) is 0 Å². The second kappa shape index (κ2) is 8.82. The minimum Gasteiger partial charge on any atom is -0.489 e. The number of piperidine rings is 1. The van der Waals surface area contributed by atoms with Crippen molar-refractivity contribution in [2.45, 2.75) is 25.9 Å². The van der Waals surface area contributed by atoms with Crippen molar-refractivity contribution in [1.82, 2.24) is 45.0 Å². The van der Waals surface area contributed by atoms with E-state index in [1.807, 2.05) is 48.3 Å². The summed E-state index contributed by atoms with van der Waals surface area (Å²) < 4.78 is 8.14. The lowest BCUT2D eigenvalue weighted by Crippen LogP contribution is -2.34. The molecule has 0 amide bonds. The summed E-state index contributed by atoms with van der Waals surface area (Å²) in [7, 11) is 0. The maximum Gasteiger partial charge on any atom is 0.147 e. The van der Waals surface area contributed by atoms with Gasteiger partial charge in [-0.1, -0.05) is 0 Å². The molecule has 6 aromatic rings. The number of rotatable bonds is 5. The van der Waals surface area contributed by atoms with Gasteiger partial charge in [-0.15, -0.1) is 0 Å². The van der Waals surface area contributed by atoms with Crippen LogP contribution in [-0.4, -0.2) is 58.9 Å². The number of nitrogens with zero attached hydrogens (tertiary/aromatic N) is 6. The summed E-state index contributed by atoms with van der Waals surface area (Å²) in [6.07, 6.45) is 13.1. The molecular weight excluding hydrogens is 466 g/mol. The largest absolute Gasteiger partial charge is 0.489 e. The van der Waals surface area contributed by atoms with Crippen molar-refractivity contribution in [1.29, 1.82) is 0 Å². The van der Waals surface area contributed by atoms with Crippen LogP contribution in [0.25, 0.3) is 50.3 Å². The number of hydrogen-bond donors (Lipinski definition) is 3. The van der Waals surface area contributed by atoms with Gasteiger partial charge in [-0.05, 0) is 57.1 Å². The SMILES string of the molecule is Cc1cn(-c2nccc3[nH]c(-c4n[nH]c5cnc(-c6cncc(OC7CCNCC7)c6)cc45)cc23)cn1. The van der Waals surface area contributed by atoms with Gasteiger partial charge in [0.2, 0.25) is 0 Å². The fraction of sp³-hybridized carbons (Fsp3) is 0.222. The molecule has 3 N–H and O–H groups in total. The summed E-state index contributed by atoms with van der Waals surface area (Å²) in [5.41, 5.74) is 6.19. The van der Waals surface area contributed by atoms with Crippen molar-refractivity contribution < 1.29 is 4.74 Å². The fourth-order valence-corrected chi connectivity index (χ4v) is 4.92. The van der Waals surface area contributed by atoms with E-state index in [4.69, 9.17) is 4.74 Å². The molecule has 0 aromatic carbocycles. The van der Waals surface area contributed by atoms with Gasteiger partial charge in [-0.25, -0.2) is 9.97 Å². The van der Waals surface area contributed by atoms with Crippen molar-refractivity contribution >= 4 is 21.8 Å². The summed E-state index contributed by atoms with van der Waals surface area (Å²) in [5.74, 6) is 1.59. The van der Waals surface area contributed by atoms with E-state index in [1.165, 1.54) is 0 Å². The maximum atomic E-state index is 6.20. The first-order chi connectivity index (χ1) is 18.2. The van der Waals surface area contributed by atoms with Crippen LogP contribution in [0.3, 0.4) is 0 Å². The fourth-order valence-electron chi connectivity index (χ4n) is 4.92. The molecule has 0 unspecified atom stereocenters. The predicted octanol–water partition coefficient (Wildman–Crippen LogP) is 4.19. The van der Waals surface area contributed by atoms with E-state index < -0.39 is 0 Å². The summed E-state index contributed by atoms with van der Waals surface area (Å²) in [6, 6.07) is 8.10. The third kappa shape index (κ3) is 4.01. The lowest BCUT2D eigenvalue weighted by molar-refractivity contribution is 0.162. The molecule has 0 radical (unpaired) electrons. The van der Waals surface area contributed by atoms with Crippen LogP contribution in [0.2, 0.25) is 0 Å². The van der Waals surface area contributed by atoms with E-state index in [-0.39, 0.29) is 6.10 Å². The van der Waals surface area contributed by atoms with Gasteiger partial charge in [0.1, 0.15) is 29.7 Å². The van der Waals surface area contributed by atoms with E-state index in [0.717, 1.165) is 87.6 Å². The van der Waals surface area contributed by atoms with E-state index in [2.05, 4.69) is 46.5 Å². The molecule has 37 heavy (non-hydrogen) atoms. The Kier molecular flexibility index (Phi) is 5.17. The number of fused-ring (bicyclic) bond motifs is 2. The topological polar surface area (TPSA) is 122 Å². The Morgan fingerprint density at radius 1 is 0.973 bits per heavy atom. The maximum absolute atomic E-state index is 6.20.